The van der Waals surface area contributed by atoms with Crippen LogP contribution >= 0.6 is 7.82 Å². The highest BCUT2D eigenvalue weighted by Crippen LogP contribution is 2.43. The summed E-state index contributed by atoms with van der Waals surface area (Å²) in [7, 11) is -4.39. The van der Waals surface area contributed by atoms with Crippen molar-refractivity contribution in [2.24, 2.45) is 5.73 Å². The van der Waals surface area contributed by atoms with Gasteiger partial charge < -0.3 is 20.1 Å². The Morgan fingerprint density at radius 2 is 0.743 bits per heavy atom. The highest BCUT2D eigenvalue weighted by Gasteiger charge is 2.26. The lowest BCUT2D eigenvalue weighted by Crippen LogP contribution is -2.29. The molecule has 0 radical (unpaired) electrons. The number of rotatable bonds is 60. The van der Waals surface area contributed by atoms with Crippen LogP contribution in [-0.2, 0) is 32.7 Å². The molecule has 0 aromatic carbocycles. The van der Waals surface area contributed by atoms with Gasteiger partial charge in [0.15, 0.2) is 6.10 Å². The first-order valence-corrected chi connectivity index (χ1v) is 33.1. The highest BCUT2D eigenvalue weighted by molar-refractivity contribution is 7.47. The molecule has 3 N–H and O–H groups in total. The van der Waals surface area contributed by atoms with Gasteiger partial charge in [-0.15, -0.1) is 0 Å². The average Bonchev–Trinajstić information content (AvgIpc) is 3.39. The van der Waals surface area contributed by atoms with Gasteiger partial charge in [0.25, 0.3) is 0 Å². The number of nitrogens with two attached hydrogens (primary N) is 1. The van der Waals surface area contributed by atoms with Gasteiger partial charge in [-0.05, 0) is 51.4 Å². The molecule has 0 aromatic rings. The number of ether oxygens (including phenoxy) is 2. The third kappa shape index (κ3) is 59.2. The molecule has 2 unspecified atom stereocenters. The van der Waals surface area contributed by atoms with Crippen molar-refractivity contribution in [1.82, 2.24) is 0 Å². The van der Waals surface area contributed by atoms with Gasteiger partial charge in [0.2, 0.25) is 0 Å². The Morgan fingerprint density at radius 3 is 1.11 bits per heavy atom. The molecule has 0 bridgehead atoms. The summed E-state index contributed by atoms with van der Waals surface area (Å²) in [5, 5.41) is 0. The molecule has 0 aliphatic rings. The standard InChI is InChI=1S/C64H120NO8P/c1-3-5-7-9-11-13-15-17-19-21-23-25-27-29-30-31-32-33-35-37-39-41-43-45-47-49-51-53-55-57-64(67)73-62(61-72-74(68,69)71-59-58-65)60-70-63(66)56-54-52-50-48-46-44-42-40-38-36-34-28-26-24-22-20-18-16-14-12-10-8-6-4-2/h5,7,11,13,17,19,23,25,62H,3-4,6,8-10,12,14-16,18,20-22,24,26-61,65H2,1-2H3,(H,68,69)/b7-5-,13-11-,19-17-,25-23-. The second kappa shape index (κ2) is 60.2. The van der Waals surface area contributed by atoms with E-state index in [4.69, 9.17) is 24.3 Å². The van der Waals surface area contributed by atoms with Crippen molar-refractivity contribution >= 4 is 19.8 Å². The van der Waals surface area contributed by atoms with Crippen molar-refractivity contribution in [1.29, 1.82) is 0 Å². The van der Waals surface area contributed by atoms with E-state index in [0.29, 0.717) is 6.42 Å². The second-order valence-electron chi connectivity index (χ2n) is 21.3. The van der Waals surface area contributed by atoms with Crippen LogP contribution in [0.25, 0.3) is 0 Å². The summed E-state index contributed by atoms with van der Waals surface area (Å²) in [5.41, 5.74) is 5.39. The van der Waals surface area contributed by atoms with Crippen molar-refractivity contribution in [3.8, 4) is 0 Å². The lowest BCUT2D eigenvalue weighted by molar-refractivity contribution is -0.161. The highest BCUT2D eigenvalue weighted by atomic mass is 31.2. The monoisotopic (exact) mass is 1060 g/mol. The normalized spacial score (nSPS) is 13.3. The molecule has 0 aliphatic carbocycles. The van der Waals surface area contributed by atoms with Crippen LogP contribution in [0.1, 0.15) is 316 Å². The number of hydrogen-bond acceptors (Lipinski definition) is 8. The number of esters is 2. The summed E-state index contributed by atoms with van der Waals surface area (Å²) in [4.78, 5) is 35.3. The van der Waals surface area contributed by atoms with Gasteiger partial charge in [-0.3, -0.25) is 18.6 Å². The summed E-state index contributed by atoms with van der Waals surface area (Å²) in [6.07, 6.45) is 74.7. The summed E-state index contributed by atoms with van der Waals surface area (Å²) in [5.74, 6) is -0.810. The van der Waals surface area contributed by atoms with E-state index in [9.17, 15) is 19.0 Å². The first-order valence-electron chi connectivity index (χ1n) is 31.6. The zero-order valence-electron chi connectivity index (χ0n) is 48.6. The van der Waals surface area contributed by atoms with Gasteiger partial charge in [0.05, 0.1) is 13.2 Å². The third-order valence-electron chi connectivity index (χ3n) is 14.0. The lowest BCUT2D eigenvalue weighted by atomic mass is 10.0. The molecule has 0 saturated heterocycles. The van der Waals surface area contributed by atoms with E-state index >= 15 is 0 Å². The molecule has 2 atom stereocenters. The lowest BCUT2D eigenvalue weighted by Gasteiger charge is -2.19. The Kier molecular flexibility index (Phi) is 58.6. The van der Waals surface area contributed by atoms with Crippen molar-refractivity contribution in [2.75, 3.05) is 26.4 Å². The molecule has 0 saturated carbocycles. The zero-order chi connectivity index (χ0) is 53.8. The van der Waals surface area contributed by atoms with E-state index in [-0.39, 0.29) is 38.6 Å². The maximum Gasteiger partial charge on any atom is 0.472 e. The summed E-state index contributed by atoms with van der Waals surface area (Å²) in [6.45, 7) is 3.69. The van der Waals surface area contributed by atoms with Crippen LogP contribution in [0.4, 0.5) is 0 Å². The third-order valence-corrected chi connectivity index (χ3v) is 15.0. The maximum absolute atomic E-state index is 12.7. The van der Waals surface area contributed by atoms with Crippen molar-refractivity contribution in [3.63, 3.8) is 0 Å². The molecule has 9 nitrogen and oxygen atoms in total. The molecule has 0 amide bonds. The van der Waals surface area contributed by atoms with E-state index in [1.165, 1.54) is 218 Å². The minimum Gasteiger partial charge on any atom is -0.462 e. The fraction of sp³-hybridized carbons (Fsp3) is 0.844. The average molecular weight is 1060 g/mol. The molecular weight excluding hydrogens is 942 g/mol. The molecule has 0 heterocycles. The van der Waals surface area contributed by atoms with Gasteiger partial charge in [0.1, 0.15) is 6.61 Å². The fourth-order valence-corrected chi connectivity index (χ4v) is 10.1. The van der Waals surface area contributed by atoms with Gasteiger partial charge in [-0.25, -0.2) is 4.57 Å². The molecular formula is C64H120NO8P. The Balaban J connectivity index is 3.89. The predicted molar refractivity (Wildman–Crippen MR) is 317 cm³/mol. The number of hydrogen-bond donors (Lipinski definition) is 2. The molecule has 0 spiro atoms. The fourth-order valence-electron chi connectivity index (χ4n) is 9.34. The molecule has 0 aromatic heterocycles. The summed E-state index contributed by atoms with van der Waals surface area (Å²) < 4.78 is 33.1. The van der Waals surface area contributed by atoms with Crippen LogP contribution in [0.5, 0.6) is 0 Å². The van der Waals surface area contributed by atoms with Crippen LogP contribution in [0, 0.1) is 0 Å². The van der Waals surface area contributed by atoms with Gasteiger partial charge >= 0.3 is 19.8 Å². The Morgan fingerprint density at radius 1 is 0.419 bits per heavy atom. The van der Waals surface area contributed by atoms with Crippen LogP contribution < -0.4 is 5.73 Å². The van der Waals surface area contributed by atoms with Crippen LogP contribution in [0.2, 0.25) is 0 Å². The maximum atomic E-state index is 12.7. The summed E-state index contributed by atoms with van der Waals surface area (Å²) >= 11 is 0. The molecule has 74 heavy (non-hydrogen) atoms. The smallest absolute Gasteiger partial charge is 0.462 e. The largest absolute Gasteiger partial charge is 0.472 e. The number of phosphoric acid groups is 1. The first kappa shape index (κ1) is 72.0. The molecule has 0 rings (SSSR count). The van der Waals surface area contributed by atoms with Crippen LogP contribution in [0.3, 0.4) is 0 Å². The van der Waals surface area contributed by atoms with E-state index in [1.807, 2.05) is 0 Å². The number of carbonyl (C=O) groups is 2. The number of phosphoric ester groups is 1. The van der Waals surface area contributed by atoms with E-state index in [1.54, 1.807) is 0 Å². The summed E-state index contributed by atoms with van der Waals surface area (Å²) in [6, 6.07) is 0. The predicted octanol–water partition coefficient (Wildman–Crippen LogP) is 20.1. The quantitative estimate of drug-likeness (QED) is 0.0264. The van der Waals surface area contributed by atoms with Crippen molar-refractivity contribution < 1.29 is 37.6 Å². The Hall–Kier alpha value is -2.03. The minimum absolute atomic E-state index is 0.0550. The molecule has 10 heteroatoms. The van der Waals surface area contributed by atoms with Gasteiger partial charge in [-0.1, -0.05) is 300 Å². The number of unbranched alkanes of at least 4 members (excludes halogenated alkanes) is 39. The molecule has 0 fully saturated rings. The number of carbonyl (C=O) groups excluding carboxylic acids is 2. The van der Waals surface area contributed by atoms with E-state index in [2.05, 4.69) is 62.5 Å². The SMILES string of the molecule is CC/C=C\C/C=C\C/C=C\C/C=C\CCCCCCCCCCCCCCCCCCC(=O)OC(COC(=O)CCCCCCCCCCCCCCCCCCCCCCCCCC)COP(=O)(O)OCCN. The topological polar surface area (TPSA) is 134 Å². The minimum atomic E-state index is -4.39. The Labute approximate surface area is 457 Å². The second-order valence-corrected chi connectivity index (χ2v) is 22.7. The van der Waals surface area contributed by atoms with Crippen LogP contribution in [0.15, 0.2) is 48.6 Å². The number of allylic oxidation sites excluding steroid dienone is 8. The van der Waals surface area contributed by atoms with Crippen molar-refractivity contribution in [2.45, 2.75) is 322 Å². The molecule has 434 valence electrons. The van der Waals surface area contributed by atoms with E-state index < -0.39 is 26.5 Å². The molecule has 0 aliphatic heterocycles. The van der Waals surface area contributed by atoms with E-state index in [0.717, 1.165) is 64.2 Å². The first-order chi connectivity index (χ1) is 36.3. The van der Waals surface area contributed by atoms with Crippen molar-refractivity contribution in [3.05, 3.63) is 48.6 Å². The van der Waals surface area contributed by atoms with Gasteiger partial charge in [-0.2, -0.15) is 0 Å². The van der Waals surface area contributed by atoms with Crippen LogP contribution in [-0.4, -0.2) is 49.3 Å². The Bertz CT molecular complexity index is 1350. The zero-order valence-corrected chi connectivity index (χ0v) is 49.5. The van der Waals surface area contributed by atoms with Gasteiger partial charge in [0, 0.05) is 19.4 Å².